The summed E-state index contributed by atoms with van der Waals surface area (Å²) >= 11 is 1.42. The van der Waals surface area contributed by atoms with E-state index in [1.807, 2.05) is 0 Å². The molecule has 0 amide bonds. The van der Waals surface area contributed by atoms with Crippen molar-refractivity contribution in [3.8, 4) is 5.75 Å². The topological polar surface area (TPSA) is 92.7 Å². The average Bonchev–Trinajstić information content (AvgIpc) is 2.73. The molecule has 6 nitrogen and oxygen atoms in total. The van der Waals surface area contributed by atoms with Crippen LogP contribution in [0.3, 0.4) is 0 Å². The van der Waals surface area contributed by atoms with Crippen LogP contribution in [0.4, 0.5) is 18.9 Å². The zero-order chi connectivity index (χ0) is 24.2. The van der Waals surface area contributed by atoms with Crippen molar-refractivity contribution in [2.24, 2.45) is 0 Å². The fourth-order valence-electron chi connectivity index (χ4n) is 2.79. The molecule has 11 heteroatoms. The number of hydrogen-bond acceptors (Lipinski definition) is 5. The van der Waals surface area contributed by atoms with Crippen LogP contribution in [0.15, 0.2) is 76.5 Å². The molecule has 0 fully saturated rings. The number of alkyl halides is 3. The van der Waals surface area contributed by atoms with Crippen molar-refractivity contribution in [3.63, 3.8) is 0 Å². The van der Waals surface area contributed by atoms with Gasteiger partial charge in [-0.3, -0.25) is 4.72 Å². The van der Waals surface area contributed by atoms with Crippen molar-refractivity contribution < 1.29 is 36.2 Å². The first kappa shape index (κ1) is 24.5. The number of ether oxygens (including phenoxy) is 1. The van der Waals surface area contributed by atoms with Crippen molar-refractivity contribution >= 4 is 33.4 Å². The Kier molecular flexibility index (Phi) is 7.23. The Morgan fingerprint density at radius 1 is 1.03 bits per heavy atom. The van der Waals surface area contributed by atoms with Crippen LogP contribution in [-0.4, -0.2) is 25.9 Å². The number of sulfonamides is 1. The van der Waals surface area contributed by atoms with Gasteiger partial charge < -0.3 is 9.84 Å². The van der Waals surface area contributed by atoms with E-state index in [1.165, 1.54) is 48.2 Å². The predicted octanol–water partition coefficient (Wildman–Crippen LogP) is 5.68. The first-order valence-electron chi connectivity index (χ1n) is 9.37. The van der Waals surface area contributed by atoms with Gasteiger partial charge in [-0.15, -0.1) is 24.9 Å². The summed E-state index contributed by atoms with van der Waals surface area (Å²) < 4.78 is 68.1. The van der Waals surface area contributed by atoms with E-state index in [0.717, 1.165) is 16.5 Å². The van der Waals surface area contributed by atoms with Crippen LogP contribution in [0.25, 0.3) is 0 Å². The number of carboxylic acid groups (broad SMARTS) is 1. The Hall–Kier alpha value is -3.18. The smallest absolute Gasteiger partial charge is 0.478 e. The quantitative estimate of drug-likeness (QED) is 0.389. The summed E-state index contributed by atoms with van der Waals surface area (Å²) in [6.45, 7) is 1.58. The second-order valence-corrected chi connectivity index (χ2v) is 9.62. The van der Waals surface area contributed by atoms with Crippen LogP contribution in [-0.2, 0) is 15.8 Å². The number of rotatable bonds is 8. The summed E-state index contributed by atoms with van der Waals surface area (Å²) in [6, 6.07) is 15.9. The van der Waals surface area contributed by atoms with Crippen LogP contribution < -0.4 is 9.46 Å². The number of thioether (sulfide) groups is 1. The minimum atomic E-state index is -4.74. The normalized spacial score (nSPS) is 11.8. The molecule has 0 aromatic heterocycles. The Labute approximate surface area is 192 Å². The van der Waals surface area contributed by atoms with Gasteiger partial charge in [-0.2, -0.15) is 0 Å². The highest BCUT2D eigenvalue weighted by Gasteiger charge is 2.30. The molecule has 3 aromatic rings. The van der Waals surface area contributed by atoms with Crippen molar-refractivity contribution in [1.82, 2.24) is 0 Å². The van der Waals surface area contributed by atoms with E-state index in [-0.39, 0.29) is 16.2 Å². The second kappa shape index (κ2) is 9.75. The third kappa shape index (κ3) is 6.90. The molecule has 0 radical (unpaired) electrons. The molecule has 0 aliphatic rings. The lowest BCUT2D eigenvalue weighted by molar-refractivity contribution is -0.274. The van der Waals surface area contributed by atoms with Gasteiger partial charge in [-0.1, -0.05) is 18.2 Å². The molecule has 0 saturated heterocycles. The van der Waals surface area contributed by atoms with Crippen LogP contribution in [0, 0.1) is 6.92 Å². The minimum Gasteiger partial charge on any atom is -0.478 e. The maximum atomic E-state index is 12.6. The summed E-state index contributed by atoms with van der Waals surface area (Å²) in [7, 11) is -3.98. The molecule has 0 aliphatic heterocycles. The number of carbonyl (C=O) groups is 1. The number of benzene rings is 3. The third-order valence-electron chi connectivity index (χ3n) is 4.42. The lowest BCUT2D eigenvalue weighted by Gasteiger charge is -2.11. The Bertz CT molecular complexity index is 1240. The number of aromatic carboxylic acids is 1. The molecule has 0 unspecified atom stereocenters. The van der Waals surface area contributed by atoms with Crippen molar-refractivity contribution in [1.29, 1.82) is 0 Å². The Balaban J connectivity index is 1.62. The van der Waals surface area contributed by atoms with Crippen molar-refractivity contribution in [3.05, 3.63) is 83.4 Å². The fourth-order valence-corrected chi connectivity index (χ4v) is 4.72. The standard InChI is InChI=1S/C22H18F3NO5S2/c1-14-2-11-19(12-20(14)21(27)28)33(29,30)26-16-5-9-18(10-6-16)32-13-15-3-7-17(8-4-15)31-22(23,24)25/h2-12,26H,13H2,1H3,(H,27,28). The maximum absolute atomic E-state index is 12.6. The number of nitrogens with one attached hydrogen (secondary N) is 1. The van der Waals surface area contributed by atoms with Gasteiger partial charge in [0.05, 0.1) is 10.5 Å². The summed E-state index contributed by atoms with van der Waals surface area (Å²) in [6.07, 6.45) is -4.74. The molecule has 0 atom stereocenters. The third-order valence-corrected chi connectivity index (χ3v) is 6.88. The molecular formula is C22H18F3NO5S2. The Morgan fingerprint density at radius 2 is 1.67 bits per heavy atom. The van der Waals surface area contributed by atoms with Crippen LogP contribution >= 0.6 is 11.8 Å². The highest BCUT2D eigenvalue weighted by Crippen LogP contribution is 2.28. The number of carboxylic acids is 1. The lowest BCUT2D eigenvalue weighted by atomic mass is 10.1. The number of halogens is 3. The summed E-state index contributed by atoms with van der Waals surface area (Å²) in [5.74, 6) is -1.02. The van der Waals surface area contributed by atoms with Gasteiger partial charge in [0, 0.05) is 16.3 Å². The number of hydrogen-bond donors (Lipinski definition) is 2. The van der Waals surface area contributed by atoms with Crippen LogP contribution in [0.1, 0.15) is 21.5 Å². The molecule has 0 aliphatic carbocycles. The summed E-state index contributed by atoms with van der Waals surface area (Å²) in [5, 5.41) is 9.20. The monoisotopic (exact) mass is 497 g/mol. The van der Waals surface area contributed by atoms with E-state index in [1.54, 1.807) is 31.2 Å². The minimum absolute atomic E-state index is 0.0948. The predicted molar refractivity (Wildman–Crippen MR) is 118 cm³/mol. The van der Waals surface area contributed by atoms with E-state index in [9.17, 15) is 31.5 Å². The SMILES string of the molecule is Cc1ccc(S(=O)(=O)Nc2ccc(SCc3ccc(OC(F)(F)F)cc3)cc2)cc1C(=O)O. The van der Waals surface area contributed by atoms with E-state index in [0.29, 0.717) is 17.0 Å². The molecule has 3 aromatic carbocycles. The average molecular weight is 498 g/mol. The molecule has 3 rings (SSSR count). The highest BCUT2D eigenvalue weighted by atomic mass is 32.2. The molecule has 0 bridgehead atoms. The molecule has 0 heterocycles. The maximum Gasteiger partial charge on any atom is 0.573 e. The van der Waals surface area contributed by atoms with Crippen molar-refractivity contribution in [2.45, 2.75) is 28.8 Å². The fraction of sp³-hybridized carbons (Fsp3) is 0.136. The molecule has 33 heavy (non-hydrogen) atoms. The largest absolute Gasteiger partial charge is 0.573 e. The van der Waals surface area contributed by atoms with Gasteiger partial charge in [-0.05, 0) is 66.6 Å². The second-order valence-electron chi connectivity index (χ2n) is 6.89. The zero-order valence-corrected chi connectivity index (χ0v) is 18.7. The van der Waals surface area contributed by atoms with Crippen LogP contribution in [0.5, 0.6) is 5.75 Å². The van der Waals surface area contributed by atoms with Crippen molar-refractivity contribution in [2.75, 3.05) is 4.72 Å². The van der Waals surface area contributed by atoms with E-state index >= 15 is 0 Å². The van der Waals surface area contributed by atoms with Gasteiger partial charge in [0.2, 0.25) is 0 Å². The molecular weight excluding hydrogens is 479 g/mol. The van der Waals surface area contributed by atoms with E-state index in [4.69, 9.17) is 0 Å². The molecule has 0 saturated carbocycles. The van der Waals surface area contributed by atoms with Gasteiger partial charge in [0.1, 0.15) is 5.75 Å². The van der Waals surface area contributed by atoms with Crippen LogP contribution in [0.2, 0.25) is 0 Å². The van der Waals surface area contributed by atoms with Gasteiger partial charge >= 0.3 is 12.3 Å². The highest BCUT2D eigenvalue weighted by molar-refractivity contribution is 7.98. The van der Waals surface area contributed by atoms with Gasteiger partial charge in [0.15, 0.2) is 0 Å². The molecule has 174 valence electrons. The van der Waals surface area contributed by atoms with E-state index < -0.39 is 22.4 Å². The van der Waals surface area contributed by atoms with Gasteiger partial charge in [0.25, 0.3) is 10.0 Å². The molecule has 0 spiro atoms. The lowest BCUT2D eigenvalue weighted by Crippen LogP contribution is -2.16. The Morgan fingerprint density at radius 3 is 2.24 bits per heavy atom. The molecule has 2 N–H and O–H groups in total. The van der Waals surface area contributed by atoms with E-state index in [2.05, 4.69) is 9.46 Å². The number of aryl methyl sites for hydroxylation is 1. The summed E-state index contributed by atoms with van der Waals surface area (Å²) in [4.78, 5) is 11.9. The first-order valence-corrected chi connectivity index (χ1v) is 11.8. The summed E-state index contributed by atoms with van der Waals surface area (Å²) in [5.41, 5.74) is 1.44. The van der Waals surface area contributed by atoms with Gasteiger partial charge in [-0.25, -0.2) is 13.2 Å². The zero-order valence-electron chi connectivity index (χ0n) is 17.1. The first-order chi connectivity index (χ1) is 15.4. The number of anilines is 1.